The molecule has 0 radical (unpaired) electrons. The Balaban J connectivity index is 1.77. The Morgan fingerprint density at radius 2 is 1.78 bits per heavy atom. The Morgan fingerprint density at radius 3 is 2.56 bits per heavy atom. The molecule has 0 spiro atoms. The van der Waals surface area contributed by atoms with E-state index in [-0.39, 0.29) is 18.3 Å². The fourth-order valence-electron chi connectivity index (χ4n) is 3.43. The van der Waals surface area contributed by atoms with E-state index in [0.29, 0.717) is 18.8 Å². The third-order valence-electron chi connectivity index (χ3n) is 4.76. The van der Waals surface area contributed by atoms with Gasteiger partial charge in [0.05, 0.1) is 25.9 Å². The second-order valence-electron chi connectivity index (χ2n) is 6.51. The molecule has 138 valence electrons. The highest BCUT2D eigenvalue weighted by atomic mass is 16.6. The Hall–Kier alpha value is -2.89. The molecular weight excluding hydrogens is 342 g/mol. The quantitative estimate of drug-likeness (QED) is 0.747. The third kappa shape index (κ3) is 3.65. The van der Waals surface area contributed by atoms with Crippen molar-refractivity contribution in [2.45, 2.75) is 12.1 Å². The highest BCUT2D eigenvalue weighted by molar-refractivity contribution is 5.90. The molecule has 5 nitrogen and oxygen atoms in total. The predicted octanol–water partition coefficient (Wildman–Crippen LogP) is 3.17. The third-order valence-corrected chi connectivity index (χ3v) is 4.76. The molecule has 1 saturated heterocycles. The molecule has 2 N–H and O–H groups in total. The van der Waals surface area contributed by atoms with E-state index >= 15 is 0 Å². The second-order valence-corrected chi connectivity index (χ2v) is 6.51. The molecule has 0 unspecified atom stereocenters. The summed E-state index contributed by atoms with van der Waals surface area (Å²) in [7, 11) is 0. The molecule has 1 amide bonds. The van der Waals surface area contributed by atoms with E-state index in [4.69, 9.17) is 9.47 Å². The topological polar surface area (TPSA) is 67.8 Å². The first-order chi connectivity index (χ1) is 13.2. The smallest absolute Gasteiger partial charge is 0.252 e. The number of hydrogen-bond donors (Lipinski definition) is 2. The van der Waals surface area contributed by atoms with Crippen molar-refractivity contribution in [3.8, 4) is 5.75 Å². The molecule has 1 fully saturated rings. The van der Waals surface area contributed by atoms with Crippen LogP contribution in [0.1, 0.15) is 17.2 Å². The van der Waals surface area contributed by atoms with E-state index in [1.807, 2.05) is 60.7 Å². The van der Waals surface area contributed by atoms with Crippen LogP contribution in [0.4, 0.5) is 0 Å². The zero-order valence-electron chi connectivity index (χ0n) is 14.8. The molecule has 27 heavy (non-hydrogen) atoms. The van der Waals surface area contributed by atoms with Crippen LogP contribution in [0, 0.1) is 0 Å². The van der Waals surface area contributed by atoms with Gasteiger partial charge >= 0.3 is 0 Å². The van der Waals surface area contributed by atoms with Gasteiger partial charge in [0, 0.05) is 5.56 Å². The molecule has 0 aromatic heterocycles. The highest BCUT2D eigenvalue weighted by Gasteiger charge is 2.28. The number of phenols is 1. The average Bonchev–Trinajstić information content (AvgIpc) is 2.73. The SMILES string of the molecule is O=C(N[C@@H](c1ccccc1)c1c(O)ccc2ccccc12)[C@@H]1COCCO1. The van der Waals surface area contributed by atoms with Crippen molar-refractivity contribution in [3.63, 3.8) is 0 Å². The predicted molar refractivity (Wildman–Crippen MR) is 103 cm³/mol. The summed E-state index contributed by atoms with van der Waals surface area (Å²) < 4.78 is 10.9. The fourth-order valence-corrected chi connectivity index (χ4v) is 3.43. The van der Waals surface area contributed by atoms with Gasteiger partial charge in [0.25, 0.3) is 5.91 Å². The van der Waals surface area contributed by atoms with Crippen molar-refractivity contribution in [2.24, 2.45) is 0 Å². The molecule has 3 aromatic carbocycles. The van der Waals surface area contributed by atoms with E-state index in [1.54, 1.807) is 6.07 Å². The number of carbonyl (C=O) groups excluding carboxylic acids is 1. The highest BCUT2D eigenvalue weighted by Crippen LogP contribution is 2.35. The summed E-state index contributed by atoms with van der Waals surface area (Å²) in [6.07, 6.45) is -0.651. The van der Waals surface area contributed by atoms with Crippen molar-refractivity contribution < 1.29 is 19.4 Å². The zero-order valence-corrected chi connectivity index (χ0v) is 14.8. The van der Waals surface area contributed by atoms with Gasteiger partial charge in [-0.25, -0.2) is 0 Å². The van der Waals surface area contributed by atoms with E-state index in [0.717, 1.165) is 16.3 Å². The average molecular weight is 363 g/mol. The van der Waals surface area contributed by atoms with Crippen molar-refractivity contribution in [1.82, 2.24) is 5.32 Å². The number of amides is 1. The van der Waals surface area contributed by atoms with Crippen molar-refractivity contribution in [2.75, 3.05) is 19.8 Å². The molecule has 1 aliphatic rings. The molecule has 5 heteroatoms. The first-order valence-electron chi connectivity index (χ1n) is 8.99. The van der Waals surface area contributed by atoms with Crippen LogP contribution in [-0.2, 0) is 14.3 Å². The summed E-state index contributed by atoms with van der Waals surface area (Å²) in [4.78, 5) is 12.8. The van der Waals surface area contributed by atoms with Gasteiger partial charge in [0.15, 0.2) is 6.10 Å². The van der Waals surface area contributed by atoms with Crippen LogP contribution >= 0.6 is 0 Å². The Bertz CT molecular complexity index is 935. The molecule has 3 aromatic rings. The number of carbonyl (C=O) groups is 1. The van der Waals surface area contributed by atoms with Crippen LogP contribution in [0.25, 0.3) is 10.8 Å². The van der Waals surface area contributed by atoms with Gasteiger partial charge in [-0.1, -0.05) is 60.7 Å². The maximum Gasteiger partial charge on any atom is 0.252 e. The number of benzene rings is 3. The lowest BCUT2D eigenvalue weighted by Gasteiger charge is -2.27. The maximum atomic E-state index is 12.8. The number of aromatic hydroxyl groups is 1. The summed E-state index contributed by atoms with van der Waals surface area (Å²) in [5.74, 6) is -0.112. The van der Waals surface area contributed by atoms with Crippen LogP contribution in [0.15, 0.2) is 66.7 Å². The minimum Gasteiger partial charge on any atom is -0.508 e. The van der Waals surface area contributed by atoms with Crippen molar-refractivity contribution in [3.05, 3.63) is 77.9 Å². The number of ether oxygens (including phenoxy) is 2. The zero-order chi connectivity index (χ0) is 18.6. The van der Waals surface area contributed by atoms with Gasteiger partial charge in [0.1, 0.15) is 5.75 Å². The largest absolute Gasteiger partial charge is 0.508 e. The molecule has 0 saturated carbocycles. The summed E-state index contributed by atoms with van der Waals surface area (Å²) >= 11 is 0. The van der Waals surface area contributed by atoms with Crippen LogP contribution < -0.4 is 5.32 Å². The summed E-state index contributed by atoms with van der Waals surface area (Å²) in [6.45, 7) is 1.12. The van der Waals surface area contributed by atoms with Crippen molar-refractivity contribution >= 4 is 16.7 Å². The van der Waals surface area contributed by atoms with Crippen LogP contribution in [0.2, 0.25) is 0 Å². The molecule has 0 bridgehead atoms. The monoisotopic (exact) mass is 363 g/mol. The first kappa shape index (κ1) is 17.5. The Kier molecular flexibility index (Phi) is 5.05. The van der Waals surface area contributed by atoms with Gasteiger partial charge in [-0.2, -0.15) is 0 Å². The minimum absolute atomic E-state index is 0.142. The van der Waals surface area contributed by atoms with Crippen LogP contribution in [0.5, 0.6) is 5.75 Å². The molecule has 4 rings (SSSR count). The van der Waals surface area contributed by atoms with Gasteiger partial charge in [-0.15, -0.1) is 0 Å². The lowest BCUT2D eigenvalue weighted by atomic mass is 9.92. The summed E-state index contributed by atoms with van der Waals surface area (Å²) in [5.41, 5.74) is 1.55. The van der Waals surface area contributed by atoms with Gasteiger partial charge < -0.3 is 19.9 Å². The van der Waals surface area contributed by atoms with Gasteiger partial charge in [0.2, 0.25) is 0 Å². The number of nitrogens with one attached hydrogen (secondary N) is 1. The summed E-state index contributed by atoms with van der Waals surface area (Å²) in [6, 6.07) is 20.5. The van der Waals surface area contributed by atoms with E-state index in [9.17, 15) is 9.90 Å². The Morgan fingerprint density at radius 1 is 1.00 bits per heavy atom. The van der Waals surface area contributed by atoms with E-state index in [1.165, 1.54) is 0 Å². The van der Waals surface area contributed by atoms with Gasteiger partial charge in [-0.3, -0.25) is 4.79 Å². The molecule has 1 heterocycles. The first-order valence-corrected chi connectivity index (χ1v) is 8.99. The number of fused-ring (bicyclic) bond motifs is 1. The normalized spacial score (nSPS) is 18.1. The molecule has 2 atom stereocenters. The summed E-state index contributed by atoms with van der Waals surface area (Å²) in [5, 5.41) is 15.6. The Labute approximate surface area is 157 Å². The second kappa shape index (κ2) is 7.78. The molecular formula is C22H21NO4. The van der Waals surface area contributed by atoms with Gasteiger partial charge in [-0.05, 0) is 22.4 Å². The van der Waals surface area contributed by atoms with Crippen molar-refractivity contribution in [1.29, 1.82) is 0 Å². The lowest BCUT2D eigenvalue weighted by molar-refractivity contribution is -0.148. The van der Waals surface area contributed by atoms with E-state index in [2.05, 4.69) is 5.32 Å². The molecule has 0 aliphatic carbocycles. The van der Waals surface area contributed by atoms with Crippen LogP contribution in [0.3, 0.4) is 0 Å². The number of hydrogen-bond acceptors (Lipinski definition) is 4. The molecule has 1 aliphatic heterocycles. The number of phenolic OH excluding ortho intramolecular Hbond substituents is 1. The standard InChI is InChI=1S/C22H21NO4/c24-18-11-10-15-6-4-5-9-17(15)20(18)21(16-7-2-1-3-8-16)23-22(25)19-14-26-12-13-27-19/h1-11,19,21,24H,12-14H2,(H,23,25)/t19-,21-/m0/s1. The fraction of sp³-hybridized carbons (Fsp3) is 0.227. The number of rotatable bonds is 4. The van der Waals surface area contributed by atoms with Crippen LogP contribution in [-0.4, -0.2) is 36.9 Å². The minimum atomic E-state index is -0.651. The van der Waals surface area contributed by atoms with E-state index < -0.39 is 12.1 Å². The maximum absolute atomic E-state index is 12.8. The lowest BCUT2D eigenvalue weighted by Crippen LogP contribution is -2.44.